The first kappa shape index (κ1) is 14.7. The van der Waals surface area contributed by atoms with Crippen molar-refractivity contribution in [1.82, 2.24) is 4.98 Å². The van der Waals surface area contributed by atoms with E-state index >= 15 is 0 Å². The van der Waals surface area contributed by atoms with Gasteiger partial charge in [-0.05, 0) is 43.3 Å². The lowest BCUT2D eigenvalue weighted by atomic mass is 10.1. The average Bonchev–Trinajstić information content (AvgIpc) is 2.92. The number of fused-ring (bicyclic) bond motifs is 3. The molecular formula is C18H14N2O3S. The topological polar surface area (TPSA) is 72.2 Å². The summed E-state index contributed by atoms with van der Waals surface area (Å²) in [5, 5.41) is 1.66. The highest BCUT2D eigenvalue weighted by molar-refractivity contribution is 7.92. The monoisotopic (exact) mass is 338 g/mol. The van der Waals surface area contributed by atoms with E-state index in [1.165, 1.54) is 6.07 Å². The number of benzene rings is 2. The molecule has 120 valence electrons. The van der Waals surface area contributed by atoms with Gasteiger partial charge in [0.15, 0.2) is 0 Å². The molecule has 0 saturated carbocycles. The lowest BCUT2D eigenvalue weighted by molar-refractivity contribution is 0.601. The van der Waals surface area contributed by atoms with Crippen LogP contribution < -0.4 is 4.72 Å². The van der Waals surface area contributed by atoms with Crippen LogP contribution in [0.4, 0.5) is 5.82 Å². The van der Waals surface area contributed by atoms with E-state index in [-0.39, 0.29) is 4.90 Å². The molecule has 6 heteroatoms. The number of aryl methyl sites for hydroxylation is 1. The Balaban J connectivity index is 1.81. The first-order valence-electron chi connectivity index (χ1n) is 7.41. The normalized spacial score (nSPS) is 11.9. The number of furan rings is 1. The second-order valence-electron chi connectivity index (χ2n) is 5.53. The summed E-state index contributed by atoms with van der Waals surface area (Å²) in [5.41, 5.74) is 2.13. The number of pyridine rings is 1. The van der Waals surface area contributed by atoms with Crippen LogP contribution in [0.1, 0.15) is 5.69 Å². The summed E-state index contributed by atoms with van der Waals surface area (Å²) in [4.78, 5) is 4.35. The Labute approximate surface area is 139 Å². The molecule has 4 aromatic rings. The van der Waals surface area contributed by atoms with Crippen LogP contribution in [0.3, 0.4) is 0 Å². The minimum absolute atomic E-state index is 0.171. The number of para-hydroxylation sites is 1. The van der Waals surface area contributed by atoms with Crippen LogP contribution in [0.5, 0.6) is 0 Å². The zero-order chi connectivity index (χ0) is 16.7. The predicted molar refractivity (Wildman–Crippen MR) is 93.5 cm³/mol. The number of hydrogen-bond acceptors (Lipinski definition) is 4. The molecule has 0 unspecified atom stereocenters. The van der Waals surface area contributed by atoms with Crippen LogP contribution in [0.2, 0.25) is 0 Å². The quantitative estimate of drug-likeness (QED) is 0.611. The Morgan fingerprint density at radius 2 is 1.71 bits per heavy atom. The van der Waals surface area contributed by atoms with E-state index in [4.69, 9.17) is 4.42 Å². The largest absolute Gasteiger partial charge is 0.456 e. The van der Waals surface area contributed by atoms with Gasteiger partial charge in [-0.25, -0.2) is 13.4 Å². The van der Waals surface area contributed by atoms with Crippen LogP contribution in [-0.2, 0) is 10.0 Å². The summed E-state index contributed by atoms with van der Waals surface area (Å²) in [5.74, 6) is 0.298. The first-order chi connectivity index (χ1) is 11.5. The third-order valence-electron chi connectivity index (χ3n) is 3.79. The zero-order valence-corrected chi connectivity index (χ0v) is 13.7. The summed E-state index contributed by atoms with van der Waals surface area (Å²) < 4.78 is 33.5. The number of rotatable bonds is 3. The van der Waals surface area contributed by atoms with Crippen molar-refractivity contribution in [3.63, 3.8) is 0 Å². The number of sulfonamides is 1. The molecular weight excluding hydrogens is 324 g/mol. The van der Waals surface area contributed by atoms with E-state index in [0.717, 1.165) is 22.0 Å². The average molecular weight is 338 g/mol. The SMILES string of the molecule is Cc1cccc(NS(=O)(=O)c2ccc3oc4ccccc4c3c2)n1. The Kier molecular flexibility index (Phi) is 3.28. The Morgan fingerprint density at radius 3 is 2.54 bits per heavy atom. The van der Waals surface area contributed by atoms with Gasteiger partial charge in [-0.2, -0.15) is 0 Å². The van der Waals surface area contributed by atoms with Crippen LogP contribution in [0.25, 0.3) is 21.9 Å². The molecule has 0 radical (unpaired) electrons. The summed E-state index contributed by atoms with van der Waals surface area (Å²) in [7, 11) is -3.72. The van der Waals surface area contributed by atoms with E-state index in [9.17, 15) is 8.42 Å². The molecule has 2 aromatic carbocycles. The molecule has 1 N–H and O–H groups in total. The molecule has 5 nitrogen and oxygen atoms in total. The van der Waals surface area contributed by atoms with Crippen LogP contribution in [0.15, 0.2) is 70.0 Å². The van der Waals surface area contributed by atoms with Crippen molar-refractivity contribution >= 4 is 37.8 Å². The molecule has 0 amide bonds. The molecule has 0 atom stereocenters. The van der Waals surface area contributed by atoms with Crippen molar-refractivity contribution in [2.75, 3.05) is 4.72 Å². The first-order valence-corrected chi connectivity index (χ1v) is 8.89. The fraction of sp³-hybridized carbons (Fsp3) is 0.0556. The molecule has 0 aliphatic rings. The number of nitrogens with zero attached hydrogens (tertiary/aromatic N) is 1. The van der Waals surface area contributed by atoms with Crippen LogP contribution in [0, 0.1) is 6.92 Å². The third-order valence-corrected chi connectivity index (χ3v) is 5.14. The molecule has 0 bridgehead atoms. The van der Waals surface area contributed by atoms with Crippen molar-refractivity contribution in [2.45, 2.75) is 11.8 Å². The fourth-order valence-corrected chi connectivity index (χ4v) is 3.70. The molecule has 2 heterocycles. The van der Waals surface area contributed by atoms with Gasteiger partial charge in [0.25, 0.3) is 10.0 Å². The van der Waals surface area contributed by atoms with Crippen molar-refractivity contribution in [3.05, 3.63) is 66.4 Å². The maximum atomic E-state index is 12.6. The highest BCUT2D eigenvalue weighted by Crippen LogP contribution is 2.30. The molecule has 0 fully saturated rings. The van der Waals surface area contributed by atoms with Gasteiger partial charge in [0.1, 0.15) is 17.0 Å². The number of aromatic nitrogens is 1. The third kappa shape index (κ3) is 2.51. The van der Waals surface area contributed by atoms with E-state index in [0.29, 0.717) is 11.4 Å². The molecule has 0 saturated heterocycles. The van der Waals surface area contributed by atoms with Crippen molar-refractivity contribution in [2.24, 2.45) is 0 Å². The summed E-state index contributed by atoms with van der Waals surface area (Å²) in [6, 6.07) is 17.6. The van der Waals surface area contributed by atoms with E-state index in [1.54, 1.807) is 24.3 Å². The van der Waals surface area contributed by atoms with Gasteiger partial charge < -0.3 is 4.42 Å². The Hall–Kier alpha value is -2.86. The van der Waals surface area contributed by atoms with Gasteiger partial charge >= 0.3 is 0 Å². The van der Waals surface area contributed by atoms with Gasteiger partial charge in [-0.3, -0.25) is 4.72 Å². The summed E-state index contributed by atoms with van der Waals surface area (Å²) >= 11 is 0. The highest BCUT2D eigenvalue weighted by Gasteiger charge is 2.17. The minimum atomic E-state index is -3.72. The molecule has 4 rings (SSSR count). The second kappa shape index (κ2) is 5.35. The van der Waals surface area contributed by atoms with Gasteiger partial charge in [0.05, 0.1) is 4.90 Å². The summed E-state index contributed by atoms with van der Waals surface area (Å²) in [6.07, 6.45) is 0. The van der Waals surface area contributed by atoms with E-state index < -0.39 is 10.0 Å². The molecule has 2 aromatic heterocycles. The summed E-state index contributed by atoms with van der Waals surface area (Å²) in [6.45, 7) is 1.81. The van der Waals surface area contributed by atoms with E-state index in [1.807, 2.05) is 37.3 Å². The number of nitrogens with one attached hydrogen (secondary N) is 1. The number of anilines is 1. The fourth-order valence-electron chi connectivity index (χ4n) is 2.67. The van der Waals surface area contributed by atoms with Gasteiger partial charge in [-0.1, -0.05) is 24.3 Å². The minimum Gasteiger partial charge on any atom is -0.456 e. The van der Waals surface area contributed by atoms with Crippen molar-refractivity contribution < 1.29 is 12.8 Å². The molecule has 0 aliphatic heterocycles. The smallest absolute Gasteiger partial charge is 0.263 e. The van der Waals surface area contributed by atoms with Crippen LogP contribution >= 0.6 is 0 Å². The van der Waals surface area contributed by atoms with Crippen molar-refractivity contribution in [3.8, 4) is 0 Å². The van der Waals surface area contributed by atoms with Gasteiger partial charge in [-0.15, -0.1) is 0 Å². The lowest BCUT2D eigenvalue weighted by Gasteiger charge is -2.07. The number of hydrogen-bond donors (Lipinski definition) is 1. The molecule has 0 spiro atoms. The van der Waals surface area contributed by atoms with Gasteiger partial charge in [0, 0.05) is 16.5 Å². The second-order valence-corrected chi connectivity index (χ2v) is 7.21. The zero-order valence-electron chi connectivity index (χ0n) is 12.9. The Morgan fingerprint density at radius 1 is 0.917 bits per heavy atom. The highest BCUT2D eigenvalue weighted by atomic mass is 32.2. The lowest BCUT2D eigenvalue weighted by Crippen LogP contribution is -2.14. The maximum absolute atomic E-state index is 12.6. The molecule has 0 aliphatic carbocycles. The predicted octanol–water partition coefficient (Wildman–Crippen LogP) is 4.09. The van der Waals surface area contributed by atoms with E-state index in [2.05, 4.69) is 9.71 Å². The van der Waals surface area contributed by atoms with Crippen molar-refractivity contribution in [1.29, 1.82) is 0 Å². The standard InChI is InChI=1S/C18H14N2O3S/c1-12-5-4-8-18(19-12)20-24(21,22)13-9-10-17-15(11-13)14-6-2-3-7-16(14)23-17/h2-11H,1H3,(H,19,20). The van der Waals surface area contributed by atoms with Crippen LogP contribution in [-0.4, -0.2) is 13.4 Å². The Bertz CT molecular complexity index is 1160. The van der Waals surface area contributed by atoms with Gasteiger partial charge in [0.2, 0.25) is 0 Å². The molecule has 24 heavy (non-hydrogen) atoms. The maximum Gasteiger partial charge on any atom is 0.263 e.